The Morgan fingerprint density at radius 1 is 1.11 bits per heavy atom. The smallest absolute Gasteiger partial charge is 0.231 e. The van der Waals surface area contributed by atoms with Gasteiger partial charge in [0.2, 0.25) is 19.0 Å². The Kier molecular flexibility index (Phi) is 4.35. The van der Waals surface area contributed by atoms with E-state index in [9.17, 15) is 9.90 Å². The number of phenolic OH excluding ortho intramolecular Hbond substituents is 1. The number of hydrogen-bond donors (Lipinski definition) is 1. The van der Waals surface area contributed by atoms with Crippen LogP contribution in [-0.4, -0.2) is 39.6 Å². The van der Waals surface area contributed by atoms with Crippen molar-refractivity contribution in [1.82, 2.24) is 0 Å². The number of fused-ring (bicyclic) bond motifs is 2. The number of phenols is 1. The van der Waals surface area contributed by atoms with E-state index in [2.05, 4.69) is 0 Å². The molecule has 0 radical (unpaired) electrons. The van der Waals surface area contributed by atoms with Crippen molar-refractivity contribution in [2.75, 3.05) is 33.0 Å². The summed E-state index contributed by atoms with van der Waals surface area (Å²) in [6.07, 6.45) is 0.720. The van der Waals surface area contributed by atoms with Crippen molar-refractivity contribution in [3.8, 4) is 39.9 Å². The number of hydrogen-bond acceptors (Lipinski definition) is 6. The fraction of sp³-hybridized carbons (Fsp3) is 0.190. The number of carbonyl (C=O) groups is 1. The molecule has 4 rings (SSSR count). The molecule has 7 heteroatoms. The molecule has 0 atom stereocenters. The summed E-state index contributed by atoms with van der Waals surface area (Å²) >= 11 is 0. The first-order chi connectivity index (χ1) is 13.6. The highest BCUT2D eigenvalue weighted by atomic mass is 16.7. The topological polar surface area (TPSA) is 77.5 Å². The summed E-state index contributed by atoms with van der Waals surface area (Å²) in [5.74, 6) is 1.80. The summed E-state index contributed by atoms with van der Waals surface area (Å²) in [4.78, 5) is 12.9. The van der Waals surface area contributed by atoms with E-state index in [1.165, 1.54) is 19.1 Å². The molecular weight excluding hydrogens is 362 g/mol. The quantitative estimate of drug-likeness (QED) is 0.681. The molecule has 0 saturated carbocycles. The van der Waals surface area contributed by atoms with Gasteiger partial charge in [-0.05, 0) is 35.2 Å². The van der Waals surface area contributed by atoms with Crippen LogP contribution in [-0.2, 0) is 4.79 Å². The fourth-order valence-corrected chi connectivity index (χ4v) is 3.45. The van der Waals surface area contributed by atoms with Gasteiger partial charge in [0.05, 0.1) is 19.9 Å². The first kappa shape index (κ1) is 17.8. The zero-order chi connectivity index (χ0) is 19.8. The lowest BCUT2D eigenvalue weighted by molar-refractivity contribution is -0.107. The second kappa shape index (κ2) is 6.84. The van der Waals surface area contributed by atoms with Crippen molar-refractivity contribution in [2.24, 2.45) is 0 Å². The zero-order valence-electron chi connectivity index (χ0n) is 15.7. The molecule has 1 aliphatic rings. The van der Waals surface area contributed by atoms with E-state index in [4.69, 9.17) is 18.9 Å². The number of methoxy groups -OCH3 is 2. The molecular formula is C21H19NO6. The largest absolute Gasteiger partial charge is 0.504 e. The minimum Gasteiger partial charge on any atom is -0.504 e. The van der Waals surface area contributed by atoms with Crippen molar-refractivity contribution >= 4 is 22.9 Å². The Morgan fingerprint density at radius 3 is 2.64 bits per heavy atom. The number of ether oxygens (including phenoxy) is 4. The van der Waals surface area contributed by atoms with Gasteiger partial charge in [0.1, 0.15) is 0 Å². The van der Waals surface area contributed by atoms with Gasteiger partial charge < -0.3 is 29.0 Å². The summed E-state index contributed by atoms with van der Waals surface area (Å²) in [6, 6.07) is 11.1. The van der Waals surface area contributed by atoms with Gasteiger partial charge in [-0.3, -0.25) is 4.79 Å². The monoisotopic (exact) mass is 381 g/mol. The molecule has 0 unspecified atom stereocenters. The van der Waals surface area contributed by atoms with Gasteiger partial charge in [-0.2, -0.15) is 0 Å². The second-order valence-corrected chi connectivity index (χ2v) is 6.31. The van der Waals surface area contributed by atoms with Crippen LogP contribution in [0, 0.1) is 0 Å². The van der Waals surface area contributed by atoms with Crippen LogP contribution in [0.15, 0.2) is 36.4 Å². The van der Waals surface area contributed by atoms with Crippen LogP contribution < -0.4 is 23.8 Å². The number of anilines is 1. The van der Waals surface area contributed by atoms with Gasteiger partial charge in [-0.1, -0.05) is 12.1 Å². The lowest BCUT2D eigenvalue weighted by atomic mass is 9.98. The highest BCUT2D eigenvalue weighted by Gasteiger charge is 2.24. The van der Waals surface area contributed by atoms with Gasteiger partial charge >= 0.3 is 0 Å². The second-order valence-electron chi connectivity index (χ2n) is 6.31. The number of carbonyl (C=O) groups excluding carboxylic acids is 1. The van der Waals surface area contributed by atoms with Crippen LogP contribution in [0.4, 0.5) is 5.69 Å². The third-order valence-corrected chi connectivity index (χ3v) is 4.79. The number of aromatic hydroxyl groups is 1. The molecule has 1 N–H and O–H groups in total. The van der Waals surface area contributed by atoms with Crippen molar-refractivity contribution < 1.29 is 28.8 Å². The van der Waals surface area contributed by atoms with Crippen LogP contribution >= 0.6 is 0 Å². The summed E-state index contributed by atoms with van der Waals surface area (Å²) in [5.41, 5.74) is 1.95. The summed E-state index contributed by atoms with van der Waals surface area (Å²) < 4.78 is 21.6. The third-order valence-electron chi connectivity index (χ3n) is 4.79. The van der Waals surface area contributed by atoms with Gasteiger partial charge in [0, 0.05) is 18.0 Å². The van der Waals surface area contributed by atoms with E-state index in [1.807, 2.05) is 24.3 Å². The van der Waals surface area contributed by atoms with Gasteiger partial charge in [0.15, 0.2) is 23.0 Å². The normalized spacial score (nSPS) is 12.1. The van der Waals surface area contributed by atoms with Crippen LogP contribution in [0.1, 0.15) is 0 Å². The lowest BCUT2D eigenvalue weighted by Crippen LogP contribution is -2.14. The van der Waals surface area contributed by atoms with E-state index >= 15 is 0 Å². The molecule has 0 bridgehead atoms. The predicted octanol–water partition coefficient (Wildman–Crippen LogP) is 3.55. The average Bonchev–Trinajstić information content (AvgIpc) is 3.18. The first-order valence-corrected chi connectivity index (χ1v) is 8.57. The standard InChI is InChI=1S/C21H19NO6/c1-22(10-23)18-15-8-12(4-5-13(15)9-17-20(18)28-11-27-17)14-6-7-16(25-2)21(26-3)19(14)24/h4-10,24H,11H2,1-3H3. The molecule has 0 aromatic heterocycles. The van der Waals surface area contributed by atoms with E-state index < -0.39 is 0 Å². The maximum Gasteiger partial charge on any atom is 0.231 e. The molecule has 0 spiro atoms. The van der Waals surface area contributed by atoms with Crippen LogP contribution in [0.25, 0.3) is 21.9 Å². The Morgan fingerprint density at radius 2 is 1.93 bits per heavy atom. The summed E-state index contributed by atoms with van der Waals surface area (Å²) in [7, 11) is 4.64. The van der Waals surface area contributed by atoms with E-state index in [1.54, 1.807) is 19.2 Å². The van der Waals surface area contributed by atoms with Gasteiger partial charge in [0.25, 0.3) is 0 Å². The first-order valence-electron chi connectivity index (χ1n) is 8.57. The Labute approximate surface area is 161 Å². The highest BCUT2D eigenvalue weighted by Crippen LogP contribution is 2.48. The third kappa shape index (κ3) is 2.63. The molecule has 144 valence electrons. The SMILES string of the molecule is COc1ccc(-c2ccc3cc4c(c(N(C)C=O)c3c2)OCO4)c(O)c1OC. The molecule has 0 saturated heterocycles. The van der Waals surface area contributed by atoms with Crippen molar-refractivity contribution in [2.45, 2.75) is 0 Å². The molecule has 1 heterocycles. The van der Waals surface area contributed by atoms with E-state index in [0.717, 1.165) is 22.7 Å². The average molecular weight is 381 g/mol. The molecule has 3 aromatic carbocycles. The molecule has 28 heavy (non-hydrogen) atoms. The predicted molar refractivity (Wildman–Crippen MR) is 105 cm³/mol. The lowest BCUT2D eigenvalue weighted by Gasteiger charge is -2.18. The Balaban J connectivity index is 1.96. The number of nitrogens with zero attached hydrogens (tertiary/aromatic N) is 1. The van der Waals surface area contributed by atoms with Crippen LogP contribution in [0.5, 0.6) is 28.7 Å². The number of amides is 1. The molecule has 0 fully saturated rings. The molecule has 7 nitrogen and oxygen atoms in total. The van der Waals surface area contributed by atoms with Crippen LogP contribution in [0.3, 0.4) is 0 Å². The maximum atomic E-state index is 11.5. The van der Waals surface area contributed by atoms with E-state index in [-0.39, 0.29) is 18.3 Å². The minimum absolute atomic E-state index is 0.0211. The van der Waals surface area contributed by atoms with Crippen molar-refractivity contribution in [1.29, 1.82) is 0 Å². The summed E-state index contributed by atoms with van der Waals surface area (Å²) in [6.45, 7) is 0.106. The van der Waals surface area contributed by atoms with Crippen molar-refractivity contribution in [3.63, 3.8) is 0 Å². The molecule has 0 aliphatic carbocycles. The van der Waals surface area contributed by atoms with Crippen LogP contribution in [0.2, 0.25) is 0 Å². The summed E-state index contributed by atoms with van der Waals surface area (Å²) in [5, 5.41) is 12.4. The van der Waals surface area contributed by atoms with E-state index in [0.29, 0.717) is 28.5 Å². The van der Waals surface area contributed by atoms with Gasteiger partial charge in [-0.25, -0.2) is 0 Å². The number of rotatable bonds is 5. The Hall–Kier alpha value is -3.61. The minimum atomic E-state index is -0.0211. The zero-order valence-corrected chi connectivity index (χ0v) is 15.7. The highest BCUT2D eigenvalue weighted by molar-refractivity contribution is 6.05. The number of benzene rings is 3. The Bertz CT molecular complexity index is 1080. The fourth-order valence-electron chi connectivity index (χ4n) is 3.45. The molecule has 1 amide bonds. The van der Waals surface area contributed by atoms with Crippen molar-refractivity contribution in [3.05, 3.63) is 36.4 Å². The van der Waals surface area contributed by atoms with Gasteiger partial charge in [-0.15, -0.1) is 0 Å². The molecule has 3 aromatic rings. The maximum absolute atomic E-state index is 11.5. The molecule has 1 aliphatic heterocycles.